The van der Waals surface area contributed by atoms with Crippen molar-refractivity contribution in [2.75, 3.05) is 5.32 Å². The Bertz CT molecular complexity index is 940. The molecule has 1 amide bonds. The number of carbonyl (C=O) groups is 1. The van der Waals surface area contributed by atoms with Crippen LogP contribution < -0.4 is 5.32 Å². The number of hydrogen-bond donors (Lipinski definition) is 1. The topological polar surface area (TPSA) is 59.8 Å². The highest BCUT2D eigenvalue weighted by Crippen LogP contribution is 2.21. The number of aromatic nitrogens is 3. The molecule has 0 fully saturated rings. The molecule has 0 radical (unpaired) electrons. The van der Waals surface area contributed by atoms with Gasteiger partial charge in [0.15, 0.2) is 0 Å². The number of hydrogen-bond acceptors (Lipinski definition) is 3. The molecule has 0 aliphatic rings. The predicted octanol–water partition coefficient (Wildman–Crippen LogP) is 3.84. The van der Waals surface area contributed by atoms with Crippen molar-refractivity contribution in [3.8, 4) is 5.69 Å². The number of nitrogens with zero attached hydrogens (tertiary/aromatic N) is 3. The Kier molecular flexibility index (Phi) is 4.75. The zero-order chi connectivity index (χ0) is 17.8. The van der Waals surface area contributed by atoms with Gasteiger partial charge in [-0.2, -0.15) is 5.10 Å². The third kappa shape index (κ3) is 4.01. The van der Waals surface area contributed by atoms with Crippen LogP contribution >= 0.6 is 0 Å². The van der Waals surface area contributed by atoms with Gasteiger partial charge < -0.3 is 5.32 Å². The Labute approximate surface area is 147 Å². The van der Waals surface area contributed by atoms with Gasteiger partial charge in [0.1, 0.15) is 0 Å². The Morgan fingerprint density at radius 2 is 1.92 bits per heavy atom. The maximum absolute atomic E-state index is 12.3. The van der Waals surface area contributed by atoms with E-state index >= 15 is 0 Å². The quantitative estimate of drug-likeness (QED) is 0.738. The molecule has 0 unspecified atom stereocenters. The van der Waals surface area contributed by atoms with Gasteiger partial charge in [-0.15, -0.1) is 0 Å². The minimum Gasteiger partial charge on any atom is -0.321 e. The van der Waals surface area contributed by atoms with E-state index in [4.69, 9.17) is 0 Å². The van der Waals surface area contributed by atoms with Gasteiger partial charge in [0, 0.05) is 24.2 Å². The largest absolute Gasteiger partial charge is 0.321 e. The maximum atomic E-state index is 12.3. The molecule has 25 heavy (non-hydrogen) atoms. The Morgan fingerprint density at radius 3 is 2.64 bits per heavy atom. The van der Waals surface area contributed by atoms with Crippen molar-refractivity contribution >= 4 is 17.7 Å². The Hall–Kier alpha value is -3.21. The molecule has 2 aromatic heterocycles. The van der Waals surface area contributed by atoms with Crippen molar-refractivity contribution in [1.82, 2.24) is 14.8 Å². The standard InChI is InChI=1S/C20H20N4O/c1-14-10-17(13-21-12-14)8-9-20(25)22-18-6-4-5-7-19(18)24-16(3)11-15(2)23-24/h4-13H,1-3H3,(H,22,25). The highest BCUT2D eigenvalue weighted by molar-refractivity contribution is 6.03. The summed E-state index contributed by atoms with van der Waals surface area (Å²) in [5.74, 6) is -0.199. The molecule has 0 aliphatic carbocycles. The van der Waals surface area contributed by atoms with E-state index in [-0.39, 0.29) is 5.91 Å². The molecule has 5 heteroatoms. The highest BCUT2D eigenvalue weighted by atomic mass is 16.1. The van der Waals surface area contributed by atoms with Gasteiger partial charge in [0.25, 0.3) is 0 Å². The molecule has 0 spiro atoms. The zero-order valence-corrected chi connectivity index (χ0v) is 14.5. The van der Waals surface area contributed by atoms with Gasteiger partial charge in [-0.3, -0.25) is 9.78 Å². The molecule has 126 valence electrons. The summed E-state index contributed by atoms with van der Waals surface area (Å²) in [5.41, 5.74) is 5.45. The molecular formula is C20H20N4O. The number of nitrogens with one attached hydrogen (secondary N) is 1. The van der Waals surface area contributed by atoms with E-state index in [1.807, 2.05) is 61.9 Å². The van der Waals surface area contributed by atoms with Gasteiger partial charge in [0.2, 0.25) is 5.91 Å². The summed E-state index contributed by atoms with van der Waals surface area (Å²) in [6.45, 7) is 5.90. The summed E-state index contributed by atoms with van der Waals surface area (Å²) < 4.78 is 1.83. The molecule has 2 heterocycles. The van der Waals surface area contributed by atoms with Crippen LogP contribution in [0.5, 0.6) is 0 Å². The van der Waals surface area contributed by atoms with E-state index in [9.17, 15) is 4.79 Å². The first-order valence-corrected chi connectivity index (χ1v) is 8.06. The van der Waals surface area contributed by atoms with E-state index in [1.54, 1.807) is 18.5 Å². The van der Waals surface area contributed by atoms with Crippen molar-refractivity contribution in [1.29, 1.82) is 0 Å². The van der Waals surface area contributed by atoms with Crippen molar-refractivity contribution in [3.05, 3.63) is 77.4 Å². The number of aryl methyl sites for hydroxylation is 3. The van der Waals surface area contributed by atoms with Crippen LogP contribution in [0.25, 0.3) is 11.8 Å². The Morgan fingerprint density at radius 1 is 1.12 bits per heavy atom. The van der Waals surface area contributed by atoms with E-state index in [1.165, 1.54) is 6.08 Å². The molecule has 3 rings (SSSR count). The monoisotopic (exact) mass is 332 g/mol. The minimum atomic E-state index is -0.199. The second kappa shape index (κ2) is 7.13. The average molecular weight is 332 g/mol. The zero-order valence-electron chi connectivity index (χ0n) is 14.5. The van der Waals surface area contributed by atoms with Crippen LogP contribution in [0.3, 0.4) is 0 Å². The highest BCUT2D eigenvalue weighted by Gasteiger charge is 2.09. The second-order valence-electron chi connectivity index (χ2n) is 5.97. The average Bonchev–Trinajstić information content (AvgIpc) is 2.92. The van der Waals surface area contributed by atoms with Crippen LogP contribution in [0.1, 0.15) is 22.5 Å². The SMILES string of the molecule is Cc1cncc(C=CC(=O)Nc2ccccc2-n2nc(C)cc2C)c1. The van der Waals surface area contributed by atoms with Crippen LogP contribution in [0.4, 0.5) is 5.69 Å². The third-order valence-corrected chi connectivity index (χ3v) is 3.72. The summed E-state index contributed by atoms with van der Waals surface area (Å²) in [6.07, 6.45) is 6.76. The number of carbonyl (C=O) groups excluding carboxylic acids is 1. The summed E-state index contributed by atoms with van der Waals surface area (Å²) in [7, 11) is 0. The molecule has 0 saturated carbocycles. The third-order valence-electron chi connectivity index (χ3n) is 3.72. The molecule has 1 aromatic carbocycles. The van der Waals surface area contributed by atoms with Gasteiger partial charge in [0.05, 0.1) is 17.1 Å². The fraction of sp³-hybridized carbons (Fsp3) is 0.150. The first-order valence-electron chi connectivity index (χ1n) is 8.06. The number of benzene rings is 1. The van der Waals surface area contributed by atoms with Gasteiger partial charge in [-0.1, -0.05) is 12.1 Å². The van der Waals surface area contributed by atoms with E-state index in [0.717, 1.165) is 28.2 Å². The number of rotatable bonds is 4. The molecule has 0 bridgehead atoms. The van der Waals surface area contributed by atoms with Crippen molar-refractivity contribution in [3.63, 3.8) is 0 Å². The minimum absolute atomic E-state index is 0.199. The first kappa shape index (κ1) is 16.6. The van der Waals surface area contributed by atoms with Crippen LogP contribution in [-0.2, 0) is 4.79 Å². The molecule has 3 aromatic rings. The lowest BCUT2D eigenvalue weighted by Crippen LogP contribution is -2.11. The fourth-order valence-electron chi connectivity index (χ4n) is 2.65. The van der Waals surface area contributed by atoms with Crippen molar-refractivity contribution in [2.24, 2.45) is 0 Å². The van der Waals surface area contributed by atoms with Crippen molar-refractivity contribution in [2.45, 2.75) is 20.8 Å². The number of para-hydroxylation sites is 2. The second-order valence-corrected chi connectivity index (χ2v) is 5.97. The van der Waals surface area contributed by atoms with Gasteiger partial charge >= 0.3 is 0 Å². The maximum Gasteiger partial charge on any atom is 0.248 e. The normalized spacial score (nSPS) is 11.0. The number of anilines is 1. The molecular weight excluding hydrogens is 312 g/mol. The van der Waals surface area contributed by atoms with Crippen LogP contribution in [0.15, 0.2) is 54.9 Å². The molecule has 0 atom stereocenters. The summed E-state index contributed by atoms with van der Waals surface area (Å²) in [5, 5.41) is 7.41. The summed E-state index contributed by atoms with van der Waals surface area (Å²) in [4.78, 5) is 16.4. The lowest BCUT2D eigenvalue weighted by molar-refractivity contribution is -0.111. The lowest BCUT2D eigenvalue weighted by atomic mass is 10.2. The molecule has 5 nitrogen and oxygen atoms in total. The van der Waals surface area contributed by atoms with Gasteiger partial charge in [-0.05, 0) is 62.2 Å². The van der Waals surface area contributed by atoms with Crippen molar-refractivity contribution < 1.29 is 4.79 Å². The van der Waals surface area contributed by atoms with E-state index in [0.29, 0.717) is 5.69 Å². The smallest absolute Gasteiger partial charge is 0.248 e. The van der Waals surface area contributed by atoms with Crippen LogP contribution in [-0.4, -0.2) is 20.7 Å². The summed E-state index contributed by atoms with van der Waals surface area (Å²) in [6, 6.07) is 11.6. The first-order chi connectivity index (χ1) is 12.0. The fourth-order valence-corrected chi connectivity index (χ4v) is 2.65. The van der Waals surface area contributed by atoms with Gasteiger partial charge in [-0.25, -0.2) is 4.68 Å². The predicted molar refractivity (Wildman–Crippen MR) is 99.7 cm³/mol. The van der Waals surface area contributed by atoms with Crippen LogP contribution in [0, 0.1) is 20.8 Å². The molecule has 0 saturated heterocycles. The van der Waals surface area contributed by atoms with Crippen LogP contribution in [0.2, 0.25) is 0 Å². The summed E-state index contributed by atoms with van der Waals surface area (Å²) >= 11 is 0. The van der Waals surface area contributed by atoms with E-state index in [2.05, 4.69) is 15.4 Å². The Balaban J connectivity index is 1.81. The lowest BCUT2D eigenvalue weighted by Gasteiger charge is -2.11. The molecule has 1 N–H and O–H groups in total. The van der Waals surface area contributed by atoms with E-state index < -0.39 is 0 Å². The number of amides is 1. The number of pyridine rings is 1. The molecule has 0 aliphatic heterocycles.